The van der Waals surface area contributed by atoms with Crippen LogP contribution in [0.5, 0.6) is 0 Å². The molecule has 16 nitrogen and oxygen atoms in total. The van der Waals surface area contributed by atoms with Crippen molar-refractivity contribution in [2.24, 2.45) is 0 Å². The lowest BCUT2D eigenvalue weighted by molar-refractivity contribution is -0.192. The van der Waals surface area contributed by atoms with Gasteiger partial charge in [0, 0.05) is 37.7 Å². The summed E-state index contributed by atoms with van der Waals surface area (Å²) < 4.78 is 35.6. The van der Waals surface area contributed by atoms with Crippen LogP contribution in [0.15, 0.2) is 79.5 Å². The number of nitrogens with zero attached hydrogens (tertiary/aromatic N) is 10. The van der Waals surface area contributed by atoms with Gasteiger partial charge in [-0.2, -0.15) is 27.9 Å². The highest BCUT2D eigenvalue weighted by atomic mass is 19.4. The van der Waals surface area contributed by atoms with Crippen molar-refractivity contribution < 1.29 is 33.3 Å². The van der Waals surface area contributed by atoms with E-state index in [1.54, 1.807) is 13.3 Å². The minimum absolute atomic E-state index is 0.0539. The van der Waals surface area contributed by atoms with Crippen molar-refractivity contribution in [1.29, 1.82) is 0 Å². The Morgan fingerprint density at radius 3 is 2.13 bits per heavy atom. The van der Waals surface area contributed by atoms with Crippen molar-refractivity contribution >= 4 is 28.9 Å². The van der Waals surface area contributed by atoms with Gasteiger partial charge in [0.25, 0.3) is 0 Å². The van der Waals surface area contributed by atoms with Gasteiger partial charge < -0.3 is 35.1 Å². The summed E-state index contributed by atoms with van der Waals surface area (Å²) in [4.78, 5) is 29.3. The minimum atomic E-state index is -5.08. The molecule has 2 aromatic carbocycles. The lowest BCUT2D eigenvalue weighted by Crippen LogP contribution is -2.31. The molecule has 1 fully saturated rings. The fourth-order valence-corrected chi connectivity index (χ4v) is 6.38. The lowest BCUT2D eigenvalue weighted by atomic mass is 9.91. The number of fused-ring (bicyclic) bond motifs is 1. The van der Waals surface area contributed by atoms with Gasteiger partial charge in [-0.05, 0) is 43.5 Å². The summed E-state index contributed by atoms with van der Waals surface area (Å²) in [5.74, 6) is -1.22. The number of halogens is 3. The molecule has 0 spiro atoms. The molecular weight excluding hydrogens is 721 g/mol. The predicted octanol–water partition coefficient (Wildman–Crippen LogP) is 4.34. The number of aliphatic hydroxyl groups is 2. The van der Waals surface area contributed by atoms with Gasteiger partial charge in [-0.1, -0.05) is 60.7 Å². The molecule has 290 valence electrons. The zero-order chi connectivity index (χ0) is 39.3. The van der Waals surface area contributed by atoms with Gasteiger partial charge in [-0.25, -0.2) is 14.8 Å². The van der Waals surface area contributed by atoms with Crippen LogP contribution in [0.3, 0.4) is 0 Å². The molecule has 4 atom stereocenters. The van der Waals surface area contributed by atoms with Gasteiger partial charge in [0.15, 0.2) is 22.8 Å². The van der Waals surface area contributed by atoms with Gasteiger partial charge in [0.1, 0.15) is 18.2 Å². The number of carboxylic acid groups (broad SMARTS) is 1. The molecule has 19 heteroatoms. The molecule has 1 aliphatic rings. The van der Waals surface area contributed by atoms with Crippen LogP contribution in [0.4, 0.5) is 24.9 Å². The molecule has 7 rings (SSSR count). The Morgan fingerprint density at radius 2 is 1.56 bits per heavy atom. The molecular formula is C36H41F3N12O4. The van der Waals surface area contributed by atoms with Crippen molar-refractivity contribution in [3.63, 3.8) is 0 Å². The Kier molecular flexibility index (Phi) is 11.7. The normalized spacial score (nSPS) is 18.4. The van der Waals surface area contributed by atoms with E-state index < -0.39 is 36.4 Å². The number of nitrogens with one attached hydrogen (secondary N) is 2. The average Bonchev–Trinajstić information content (AvgIpc) is 3.97. The average molecular weight is 763 g/mol. The highest BCUT2D eigenvalue weighted by Crippen LogP contribution is 2.39. The van der Waals surface area contributed by atoms with Crippen molar-refractivity contribution in [3.8, 4) is 0 Å². The Morgan fingerprint density at radius 1 is 0.927 bits per heavy atom. The number of carboxylic acids is 1. The first-order valence-electron chi connectivity index (χ1n) is 17.6. The standard InChI is InChI=1S/C34H40N12O2.C2HF3O2/c1-21(2)44-18-25(37-19-44)14-15-35-34-39-32(36-17-26(23-10-6-4-7-11-23)24-12-8-5-9-13-24)29-33(40-34)45(20-38-29)27-16-28(31(48)30(27)47)46-42-22(3)41-43-46;3-2(4,5)1(6)7/h4-13,18-21,26-28,30-31,47-48H,14-17H2,1-3H3,(H2,35,36,39,40);(H,6,7)/t27-,28+,30+,31-;/m1./s1. The number of imidazole rings is 2. The van der Waals surface area contributed by atoms with Crippen LogP contribution >= 0.6 is 0 Å². The summed E-state index contributed by atoms with van der Waals surface area (Å²) in [6, 6.07) is 20.0. The Hall–Kier alpha value is -5.95. The first-order valence-corrected chi connectivity index (χ1v) is 17.6. The first-order chi connectivity index (χ1) is 26.3. The van der Waals surface area contributed by atoms with Crippen molar-refractivity contribution in [1.82, 2.24) is 49.3 Å². The third kappa shape index (κ3) is 9.06. The summed E-state index contributed by atoms with van der Waals surface area (Å²) in [5.41, 5.74) is 4.43. The van der Waals surface area contributed by atoms with E-state index in [1.165, 1.54) is 15.9 Å². The number of alkyl halides is 3. The van der Waals surface area contributed by atoms with Crippen LogP contribution in [0, 0.1) is 6.92 Å². The molecule has 4 aromatic heterocycles. The molecule has 1 saturated carbocycles. The number of hydrogen-bond donors (Lipinski definition) is 5. The van der Waals surface area contributed by atoms with E-state index in [4.69, 9.17) is 24.9 Å². The quantitative estimate of drug-likeness (QED) is 0.118. The smallest absolute Gasteiger partial charge is 0.475 e. The fourth-order valence-electron chi connectivity index (χ4n) is 6.38. The molecule has 0 saturated heterocycles. The summed E-state index contributed by atoms with van der Waals surface area (Å²) in [6.07, 6.45) is -0.667. The van der Waals surface area contributed by atoms with Crippen molar-refractivity contribution in [2.45, 2.75) is 76.0 Å². The highest BCUT2D eigenvalue weighted by Gasteiger charge is 2.45. The van der Waals surface area contributed by atoms with E-state index in [2.05, 4.69) is 79.9 Å². The van der Waals surface area contributed by atoms with Crippen molar-refractivity contribution in [2.75, 3.05) is 23.7 Å². The molecule has 0 amide bonds. The number of tetrazole rings is 1. The number of aromatic nitrogens is 10. The number of rotatable bonds is 12. The second-order valence-electron chi connectivity index (χ2n) is 13.4. The summed E-state index contributed by atoms with van der Waals surface area (Å²) in [5, 5.41) is 48.7. The van der Waals surface area contributed by atoms with Gasteiger partial charge in [-0.15, -0.1) is 10.2 Å². The third-order valence-corrected chi connectivity index (χ3v) is 9.26. The zero-order valence-electron chi connectivity index (χ0n) is 30.2. The molecule has 6 aromatic rings. The van der Waals surface area contributed by atoms with E-state index in [9.17, 15) is 23.4 Å². The molecule has 0 bridgehead atoms. The van der Waals surface area contributed by atoms with Crippen LogP contribution in [0.2, 0.25) is 0 Å². The van der Waals surface area contributed by atoms with Gasteiger partial charge in [0.05, 0.1) is 24.4 Å². The highest BCUT2D eigenvalue weighted by molar-refractivity contribution is 5.84. The van der Waals surface area contributed by atoms with Crippen molar-refractivity contribution in [3.05, 3.63) is 102 Å². The second-order valence-corrected chi connectivity index (χ2v) is 13.4. The van der Waals surface area contributed by atoms with Gasteiger partial charge >= 0.3 is 12.1 Å². The van der Waals surface area contributed by atoms with Crippen LogP contribution in [0.1, 0.15) is 67.0 Å². The number of aliphatic hydroxyl groups excluding tert-OH is 2. The largest absolute Gasteiger partial charge is 0.490 e. The molecule has 55 heavy (non-hydrogen) atoms. The van der Waals surface area contributed by atoms with E-state index in [-0.39, 0.29) is 5.92 Å². The topological polar surface area (TPSA) is 207 Å². The monoisotopic (exact) mass is 762 g/mol. The second kappa shape index (κ2) is 16.6. The van der Waals surface area contributed by atoms with E-state index >= 15 is 0 Å². The number of carbonyl (C=O) groups is 1. The maximum absolute atomic E-state index is 11.2. The molecule has 5 N–H and O–H groups in total. The SMILES string of the molecule is Cc1nnn([C@H]2C[C@@H](n3cnc4c(NCC(c5ccccc5)c5ccccc5)nc(NCCc5cn(C(C)C)cn5)nc43)[C@H](O)[C@@H]2O)n1.O=C(O)C(F)(F)F. The minimum Gasteiger partial charge on any atom is -0.475 e. The number of hydrogen-bond acceptors (Lipinski definition) is 12. The van der Waals surface area contributed by atoms with E-state index in [0.717, 1.165) is 5.69 Å². The maximum Gasteiger partial charge on any atom is 0.490 e. The van der Waals surface area contributed by atoms with Gasteiger partial charge in [-0.3, -0.25) is 0 Å². The van der Waals surface area contributed by atoms with Gasteiger partial charge in [0.2, 0.25) is 5.95 Å². The van der Waals surface area contributed by atoms with E-state index in [1.807, 2.05) is 47.3 Å². The molecule has 4 heterocycles. The lowest BCUT2D eigenvalue weighted by Gasteiger charge is -2.20. The molecule has 0 radical (unpaired) electrons. The number of benzene rings is 2. The zero-order valence-corrected chi connectivity index (χ0v) is 30.2. The van der Waals surface area contributed by atoms with Crippen LogP contribution in [-0.4, -0.2) is 102 Å². The predicted molar refractivity (Wildman–Crippen MR) is 194 cm³/mol. The molecule has 0 aliphatic heterocycles. The Balaban J connectivity index is 0.000000672. The Labute approximate surface area is 313 Å². The molecule has 0 unspecified atom stereocenters. The maximum atomic E-state index is 11.2. The molecule has 1 aliphatic carbocycles. The summed E-state index contributed by atoms with van der Waals surface area (Å²) >= 11 is 0. The van der Waals surface area contributed by atoms with Crippen LogP contribution < -0.4 is 10.6 Å². The first kappa shape index (κ1) is 38.8. The summed E-state index contributed by atoms with van der Waals surface area (Å²) in [6.45, 7) is 7.10. The number of anilines is 2. The van der Waals surface area contributed by atoms with E-state index in [0.29, 0.717) is 60.7 Å². The Bertz CT molecular complexity index is 2140. The van der Waals surface area contributed by atoms with Crippen LogP contribution in [-0.2, 0) is 11.2 Å². The fraction of sp³-hybridized carbons (Fsp3) is 0.389. The third-order valence-electron chi connectivity index (χ3n) is 9.26. The summed E-state index contributed by atoms with van der Waals surface area (Å²) in [7, 11) is 0. The number of aliphatic carboxylic acids is 1. The van der Waals surface area contributed by atoms with Crippen LogP contribution in [0.25, 0.3) is 11.2 Å². The number of aryl methyl sites for hydroxylation is 1.